The fourth-order valence-corrected chi connectivity index (χ4v) is 2.03. The summed E-state index contributed by atoms with van der Waals surface area (Å²) in [6.07, 6.45) is 17.1. The molecule has 0 bridgehead atoms. The zero-order chi connectivity index (χ0) is 19.1. The van der Waals surface area contributed by atoms with Crippen LogP contribution in [0.3, 0.4) is 0 Å². The molecule has 0 radical (unpaired) electrons. The molecule has 0 aliphatic carbocycles. The van der Waals surface area contributed by atoms with Gasteiger partial charge in [0.25, 0.3) is 0 Å². The fraction of sp³-hybridized carbons (Fsp3) is 0.286. The molecule has 0 aliphatic heterocycles. The normalized spacial score (nSPS) is 14.2. The van der Waals surface area contributed by atoms with Crippen molar-refractivity contribution >= 4 is 6.72 Å². The van der Waals surface area contributed by atoms with E-state index in [4.69, 9.17) is 0 Å². The molecule has 25 heavy (non-hydrogen) atoms. The third-order valence-electron chi connectivity index (χ3n) is 3.31. The second kappa shape index (κ2) is 13.8. The minimum Gasteiger partial charge on any atom is -0.383 e. The van der Waals surface area contributed by atoms with E-state index in [1.807, 2.05) is 55.5 Å². The summed E-state index contributed by atoms with van der Waals surface area (Å²) in [4.78, 5) is 5.69. The molecule has 1 N–H and O–H groups in total. The average molecular weight is 343 g/mol. The Morgan fingerprint density at radius 2 is 2.08 bits per heavy atom. The summed E-state index contributed by atoms with van der Waals surface area (Å²) in [6.45, 7) is 15.3. The van der Waals surface area contributed by atoms with E-state index in [2.05, 4.69) is 30.2 Å². The smallest absolute Gasteiger partial charge is 0.0932 e. The Bertz CT molecular complexity index is 576. The van der Waals surface area contributed by atoms with E-state index >= 15 is 0 Å². The number of halogens is 1. The average Bonchev–Trinajstić information content (AvgIpc) is 2.57. The molecule has 136 valence electrons. The van der Waals surface area contributed by atoms with Crippen molar-refractivity contribution in [3.8, 4) is 0 Å². The van der Waals surface area contributed by atoms with E-state index < -0.39 is 0 Å². The molecule has 1 atom stereocenters. The van der Waals surface area contributed by atoms with Crippen molar-refractivity contribution in [2.45, 2.75) is 26.3 Å². The van der Waals surface area contributed by atoms with Gasteiger partial charge in [-0.25, -0.2) is 4.39 Å². The van der Waals surface area contributed by atoms with E-state index in [1.165, 1.54) is 6.92 Å². The van der Waals surface area contributed by atoms with Crippen LogP contribution in [0.4, 0.5) is 4.39 Å². The summed E-state index contributed by atoms with van der Waals surface area (Å²) >= 11 is 0. The molecular formula is C21H30FN3. The first-order chi connectivity index (χ1) is 12.0. The number of hydrogen-bond acceptors (Lipinski definition) is 3. The highest BCUT2D eigenvalue weighted by molar-refractivity contribution is 5.26. The molecule has 0 aromatic rings. The maximum Gasteiger partial charge on any atom is 0.0932 e. The van der Waals surface area contributed by atoms with Gasteiger partial charge in [-0.3, -0.25) is 4.99 Å². The monoisotopic (exact) mass is 343 g/mol. The molecule has 3 nitrogen and oxygen atoms in total. The molecule has 0 heterocycles. The van der Waals surface area contributed by atoms with Gasteiger partial charge in [-0.1, -0.05) is 49.6 Å². The van der Waals surface area contributed by atoms with Crippen LogP contribution >= 0.6 is 0 Å². The second-order valence-corrected chi connectivity index (χ2v) is 5.40. The zero-order valence-electron chi connectivity index (χ0n) is 15.6. The summed E-state index contributed by atoms with van der Waals surface area (Å²) in [5.41, 5.74) is 1.90. The quantitative estimate of drug-likeness (QED) is 0.396. The van der Waals surface area contributed by atoms with Crippen LogP contribution in [0.1, 0.15) is 20.3 Å². The van der Waals surface area contributed by atoms with Crippen LogP contribution in [0.15, 0.2) is 90.2 Å². The first-order valence-electron chi connectivity index (χ1n) is 8.16. The number of allylic oxidation sites excluding steroid dienone is 6. The van der Waals surface area contributed by atoms with Crippen LogP contribution in [0.5, 0.6) is 0 Å². The fourth-order valence-electron chi connectivity index (χ4n) is 2.03. The van der Waals surface area contributed by atoms with E-state index in [0.717, 1.165) is 11.3 Å². The maximum absolute atomic E-state index is 12.8. The highest BCUT2D eigenvalue weighted by atomic mass is 19.1. The second-order valence-electron chi connectivity index (χ2n) is 5.40. The third-order valence-corrected chi connectivity index (χ3v) is 3.31. The van der Waals surface area contributed by atoms with E-state index in [1.54, 1.807) is 18.4 Å². The predicted molar refractivity (Wildman–Crippen MR) is 109 cm³/mol. The standard InChI is InChI=1S/C21H30FN3/c1-7-9-14-21(25(6)16-15-23-5)19(4)24-17-20(11-8-2)13-10-12-18(3)22/h7-9,11-16,21,24H,1,4-5,10,17H2,2-3,6H3/b11-8-,14-9?,16-15-,18-12+,20-13?. The SMILES string of the molecule is C=CC=CC(C(=C)NCC(=CC/C=C(\C)F)/C=C\C)N(C)/C=C\N=C. The molecule has 0 aromatic carbocycles. The van der Waals surface area contributed by atoms with Crippen molar-refractivity contribution in [2.75, 3.05) is 13.6 Å². The van der Waals surface area contributed by atoms with Crippen LogP contribution in [-0.2, 0) is 0 Å². The topological polar surface area (TPSA) is 27.6 Å². The molecule has 0 fully saturated rings. The molecule has 4 heteroatoms. The van der Waals surface area contributed by atoms with E-state index in [-0.39, 0.29) is 11.9 Å². The van der Waals surface area contributed by atoms with Crippen LogP contribution < -0.4 is 5.32 Å². The summed E-state index contributed by atoms with van der Waals surface area (Å²) in [7, 11) is 1.93. The lowest BCUT2D eigenvalue weighted by Gasteiger charge is -2.26. The first kappa shape index (κ1) is 22.4. The van der Waals surface area contributed by atoms with Gasteiger partial charge in [0.05, 0.1) is 11.9 Å². The van der Waals surface area contributed by atoms with Crippen LogP contribution in [0, 0.1) is 0 Å². The van der Waals surface area contributed by atoms with Crippen molar-refractivity contribution in [2.24, 2.45) is 4.99 Å². The molecule has 0 rings (SSSR count). The molecule has 0 aliphatic rings. The van der Waals surface area contributed by atoms with Gasteiger partial charge >= 0.3 is 0 Å². The van der Waals surface area contributed by atoms with Gasteiger partial charge in [-0.15, -0.1) is 0 Å². The summed E-state index contributed by atoms with van der Waals surface area (Å²) in [6, 6.07) is -0.0594. The minimum atomic E-state index is -0.174. The lowest BCUT2D eigenvalue weighted by atomic mass is 10.1. The van der Waals surface area contributed by atoms with Crippen molar-refractivity contribution < 1.29 is 4.39 Å². The van der Waals surface area contributed by atoms with Crippen LogP contribution in [0.2, 0.25) is 0 Å². The summed E-state index contributed by atoms with van der Waals surface area (Å²) in [5.74, 6) is -0.174. The van der Waals surface area contributed by atoms with Gasteiger partial charge < -0.3 is 10.2 Å². The lowest BCUT2D eigenvalue weighted by Crippen LogP contribution is -2.33. The third kappa shape index (κ3) is 10.7. The maximum atomic E-state index is 12.8. The van der Waals surface area contributed by atoms with Gasteiger partial charge in [0.1, 0.15) is 0 Å². The zero-order valence-corrected chi connectivity index (χ0v) is 15.6. The summed E-state index contributed by atoms with van der Waals surface area (Å²) < 4.78 is 12.8. The van der Waals surface area contributed by atoms with Crippen molar-refractivity contribution in [1.82, 2.24) is 10.2 Å². The highest BCUT2D eigenvalue weighted by Gasteiger charge is 2.12. The summed E-state index contributed by atoms with van der Waals surface area (Å²) in [5, 5.41) is 3.34. The number of nitrogens with one attached hydrogen (secondary N) is 1. The number of hydrogen-bond donors (Lipinski definition) is 1. The molecule has 0 saturated carbocycles. The minimum absolute atomic E-state index is 0.0594. The molecule has 0 spiro atoms. The van der Waals surface area contributed by atoms with Gasteiger partial charge in [0, 0.05) is 31.7 Å². The molecule has 0 aromatic heterocycles. The highest BCUT2D eigenvalue weighted by Crippen LogP contribution is 2.10. The molecular weight excluding hydrogens is 313 g/mol. The predicted octanol–water partition coefficient (Wildman–Crippen LogP) is 5.07. The largest absolute Gasteiger partial charge is 0.383 e. The lowest BCUT2D eigenvalue weighted by molar-refractivity contribution is 0.410. The Hall–Kier alpha value is -2.62. The first-order valence-corrected chi connectivity index (χ1v) is 8.16. The molecule has 1 unspecified atom stereocenters. The van der Waals surface area contributed by atoms with Gasteiger partial charge in [-0.2, -0.15) is 0 Å². The van der Waals surface area contributed by atoms with Crippen molar-refractivity contribution in [3.05, 3.63) is 85.2 Å². The Morgan fingerprint density at radius 3 is 2.64 bits per heavy atom. The van der Waals surface area contributed by atoms with Gasteiger partial charge in [-0.05, 0) is 38.6 Å². The van der Waals surface area contributed by atoms with Gasteiger partial charge in [0.15, 0.2) is 0 Å². The van der Waals surface area contributed by atoms with Crippen LogP contribution in [-0.4, -0.2) is 31.3 Å². The van der Waals surface area contributed by atoms with E-state index in [9.17, 15) is 4.39 Å². The Labute approximate surface area is 152 Å². The number of aliphatic imine (C=N–C) groups is 1. The number of likely N-dealkylation sites (N-methyl/N-ethyl adjacent to an activating group) is 1. The van der Waals surface area contributed by atoms with Crippen molar-refractivity contribution in [3.63, 3.8) is 0 Å². The molecule has 0 saturated heterocycles. The molecule has 0 amide bonds. The number of nitrogens with zero attached hydrogens (tertiary/aromatic N) is 2. The Morgan fingerprint density at radius 1 is 1.36 bits per heavy atom. The Balaban J connectivity index is 5.03. The van der Waals surface area contributed by atoms with Gasteiger partial charge in [0.2, 0.25) is 0 Å². The van der Waals surface area contributed by atoms with Crippen molar-refractivity contribution in [1.29, 1.82) is 0 Å². The Kier molecular flexibility index (Phi) is 12.3. The van der Waals surface area contributed by atoms with E-state index in [0.29, 0.717) is 13.0 Å². The van der Waals surface area contributed by atoms with Crippen LogP contribution in [0.25, 0.3) is 0 Å². The number of rotatable bonds is 12.